The molecule has 114 valence electrons. The third-order valence-corrected chi connectivity index (χ3v) is 3.96. The van der Waals surface area contributed by atoms with Crippen molar-refractivity contribution in [1.29, 1.82) is 0 Å². The molecular formula is C19H38. The molecule has 19 heavy (non-hydrogen) atoms. The highest BCUT2D eigenvalue weighted by molar-refractivity contribution is 4.76. The summed E-state index contributed by atoms with van der Waals surface area (Å²) in [5.74, 6) is 0. The lowest BCUT2D eigenvalue weighted by Crippen LogP contribution is -1.83. The zero-order valence-corrected chi connectivity index (χ0v) is 13.8. The van der Waals surface area contributed by atoms with E-state index in [1.807, 2.05) is 0 Å². The summed E-state index contributed by atoms with van der Waals surface area (Å²) in [5.41, 5.74) is 0. The summed E-state index contributed by atoms with van der Waals surface area (Å²) in [6, 6.07) is 0. The van der Waals surface area contributed by atoms with E-state index >= 15 is 0 Å². The third-order valence-electron chi connectivity index (χ3n) is 3.96. The quantitative estimate of drug-likeness (QED) is 0.213. The van der Waals surface area contributed by atoms with Crippen LogP contribution < -0.4 is 0 Å². The number of rotatable bonds is 15. The highest BCUT2D eigenvalue weighted by Gasteiger charge is 1.93. The molecule has 0 saturated carbocycles. The van der Waals surface area contributed by atoms with Crippen LogP contribution in [0.15, 0.2) is 12.2 Å². The van der Waals surface area contributed by atoms with Crippen molar-refractivity contribution in [1.82, 2.24) is 0 Å². The number of unbranched alkanes of at least 4 members (excludes halogenated alkanes) is 14. The first-order valence-electron chi connectivity index (χ1n) is 9.03. The molecule has 0 aromatic carbocycles. The minimum absolute atomic E-state index is 1.29. The molecule has 0 atom stereocenters. The number of hydrogen-bond donors (Lipinski definition) is 0. The van der Waals surface area contributed by atoms with Gasteiger partial charge in [0.1, 0.15) is 0 Å². The normalized spacial score (nSPS) is 11.5. The highest BCUT2D eigenvalue weighted by atomic mass is 14.0. The third kappa shape index (κ3) is 17.7. The minimum Gasteiger partial charge on any atom is -0.0917 e. The maximum absolute atomic E-state index is 2.29. The van der Waals surface area contributed by atoms with Crippen LogP contribution >= 0.6 is 0 Å². The van der Waals surface area contributed by atoms with E-state index in [1.165, 1.54) is 96.3 Å². The largest absolute Gasteiger partial charge is 0.0917 e. The van der Waals surface area contributed by atoms with E-state index in [2.05, 4.69) is 26.0 Å². The molecule has 0 bridgehead atoms. The summed E-state index contributed by atoms with van der Waals surface area (Å²) < 4.78 is 0. The maximum Gasteiger partial charge on any atom is -0.0351 e. The zero-order valence-electron chi connectivity index (χ0n) is 13.8. The Bertz CT molecular complexity index is 169. The van der Waals surface area contributed by atoms with Gasteiger partial charge in [-0.3, -0.25) is 0 Å². The van der Waals surface area contributed by atoms with Crippen LogP contribution in [0, 0.1) is 0 Å². The van der Waals surface area contributed by atoms with Crippen molar-refractivity contribution in [2.24, 2.45) is 0 Å². The Hall–Kier alpha value is -0.260. The standard InChI is InChI=1S/C19H38/c1-3-5-7-9-11-13-15-17-19-18-16-14-12-10-8-6-4-2/h3,5H,4,6-19H2,1-2H3. The molecule has 0 aliphatic rings. The molecule has 0 aliphatic carbocycles. The van der Waals surface area contributed by atoms with E-state index in [4.69, 9.17) is 0 Å². The first kappa shape index (κ1) is 18.7. The Morgan fingerprint density at radius 3 is 1.26 bits per heavy atom. The summed E-state index contributed by atoms with van der Waals surface area (Å²) in [6.45, 7) is 4.41. The molecular weight excluding hydrogens is 228 g/mol. The van der Waals surface area contributed by atoms with Crippen LogP contribution in [0.25, 0.3) is 0 Å². The van der Waals surface area contributed by atoms with Gasteiger partial charge in [-0.05, 0) is 19.8 Å². The van der Waals surface area contributed by atoms with E-state index in [-0.39, 0.29) is 0 Å². The van der Waals surface area contributed by atoms with Gasteiger partial charge in [-0.25, -0.2) is 0 Å². The molecule has 0 aromatic rings. The summed E-state index contributed by atoms with van der Waals surface area (Å²) in [4.78, 5) is 0. The Morgan fingerprint density at radius 1 is 0.526 bits per heavy atom. The van der Waals surface area contributed by atoms with Crippen molar-refractivity contribution >= 4 is 0 Å². The van der Waals surface area contributed by atoms with Crippen LogP contribution in [0.2, 0.25) is 0 Å². The number of hydrogen-bond acceptors (Lipinski definition) is 0. The smallest absolute Gasteiger partial charge is 0.0351 e. The Labute approximate surface area is 123 Å². The van der Waals surface area contributed by atoms with Gasteiger partial charge < -0.3 is 0 Å². The van der Waals surface area contributed by atoms with Crippen molar-refractivity contribution in [3.63, 3.8) is 0 Å². The van der Waals surface area contributed by atoms with Gasteiger partial charge in [-0.2, -0.15) is 0 Å². The molecule has 0 fully saturated rings. The SMILES string of the molecule is CC=CCCCCCCCCCCCCCCCC. The van der Waals surface area contributed by atoms with Gasteiger partial charge in [0, 0.05) is 0 Å². The molecule has 0 spiro atoms. The van der Waals surface area contributed by atoms with Crippen molar-refractivity contribution in [3.05, 3.63) is 12.2 Å². The van der Waals surface area contributed by atoms with E-state index < -0.39 is 0 Å². The average Bonchev–Trinajstić information content (AvgIpc) is 2.43. The van der Waals surface area contributed by atoms with Gasteiger partial charge in [0.15, 0.2) is 0 Å². The topological polar surface area (TPSA) is 0 Å². The van der Waals surface area contributed by atoms with E-state index in [9.17, 15) is 0 Å². The second-order valence-electron chi connectivity index (χ2n) is 5.95. The van der Waals surface area contributed by atoms with Crippen molar-refractivity contribution in [2.45, 2.75) is 110 Å². The zero-order chi connectivity index (χ0) is 14.0. The fourth-order valence-corrected chi connectivity index (χ4v) is 2.62. The van der Waals surface area contributed by atoms with Crippen LogP contribution in [-0.2, 0) is 0 Å². The Morgan fingerprint density at radius 2 is 0.895 bits per heavy atom. The second-order valence-corrected chi connectivity index (χ2v) is 5.95. The van der Waals surface area contributed by atoms with Gasteiger partial charge in [-0.15, -0.1) is 0 Å². The Balaban J connectivity index is 2.91. The summed E-state index contributed by atoms with van der Waals surface area (Å²) in [7, 11) is 0. The molecule has 0 amide bonds. The molecule has 0 saturated heterocycles. The summed E-state index contributed by atoms with van der Waals surface area (Å²) >= 11 is 0. The van der Waals surface area contributed by atoms with Gasteiger partial charge >= 0.3 is 0 Å². The predicted molar refractivity (Wildman–Crippen MR) is 89.7 cm³/mol. The van der Waals surface area contributed by atoms with Crippen LogP contribution in [0.5, 0.6) is 0 Å². The molecule has 0 aromatic heterocycles. The lowest BCUT2D eigenvalue weighted by Gasteiger charge is -2.02. The van der Waals surface area contributed by atoms with Crippen molar-refractivity contribution in [3.8, 4) is 0 Å². The molecule has 0 radical (unpaired) electrons. The summed E-state index contributed by atoms with van der Waals surface area (Å²) in [6.07, 6.45) is 26.1. The van der Waals surface area contributed by atoms with E-state index in [1.54, 1.807) is 0 Å². The fraction of sp³-hybridized carbons (Fsp3) is 0.895. The first-order chi connectivity index (χ1) is 9.41. The second kappa shape index (κ2) is 17.7. The van der Waals surface area contributed by atoms with Crippen LogP contribution in [-0.4, -0.2) is 0 Å². The van der Waals surface area contributed by atoms with Gasteiger partial charge in [-0.1, -0.05) is 103 Å². The predicted octanol–water partition coefficient (Wildman–Crippen LogP) is 7.43. The summed E-state index contributed by atoms with van der Waals surface area (Å²) in [5, 5.41) is 0. The van der Waals surface area contributed by atoms with Crippen molar-refractivity contribution in [2.75, 3.05) is 0 Å². The average molecular weight is 267 g/mol. The highest BCUT2D eigenvalue weighted by Crippen LogP contribution is 2.13. The lowest BCUT2D eigenvalue weighted by molar-refractivity contribution is 0.536. The minimum atomic E-state index is 1.29. The van der Waals surface area contributed by atoms with Gasteiger partial charge in [0.25, 0.3) is 0 Å². The molecule has 0 aliphatic heterocycles. The Kier molecular flexibility index (Phi) is 17.5. The molecule has 0 rings (SSSR count). The van der Waals surface area contributed by atoms with Crippen LogP contribution in [0.3, 0.4) is 0 Å². The molecule has 0 heteroatoms. The van der Waals surface area contributed by atoms with E-state index in [0.29, 0.717) is 0 Å². The maximum atomic E-state index is 2.29. The number of allylic oxidation sites excluding steroid dienone is 2. The fourth-order valence-electron chi connectivity index (χ4n) is 2.62. The molecule has 0 N–H and O–H groups in total. The lowest BCUT2D eigenvalue weighted by atomic mass is 10.0. The van der Waals surface area contributed by atoms with Gasteiger partial charge in [0.05, 0.1) is 0 Å². The monoisotopic (exact) mass is 266 g/mol. The van der Waals surface area contributed by atoms with Crippen LogP contribution in [0.4, 0.5) is 0 Å². The van der Waals surface area contributed by atoms with Crippen molar-refractivity contribution < 1.29 is 0 Å². The molecule has 0 unspecified atom stereocenters. The van der Waals surface area contributed by atoms with Crippen LogP contribution in [0.1, 0.15) is 110 Å². The molecule has 0 heterocycles. The first-order valence-corrected chi connectivity index (χ1v) is 9.03. The van der Waals surface area contributed by atoms with E-state index in [0.717, 1.165) is 0 Å². The van der Waals surface area contributed by atoms with Gasteiger partial charge in [0.2, 0.25) is 0 Å². The molecule has 0 nitrogen and oxygen atoms in total.